The molecule has 2 N–H and O–H groups in total. The van der Waals surface area contributed by atoms with E-state index in [1.807, 2.05) is 58.0 Å². The zero-order valence-electron chi connectivity index (χ0n) is 25.2. The smallest absolute Gasteiger partial charge is 0.407 e. The third-order valence-corrected chi connectivity index (χ3v) is 8.05. The standard InChI is InChI=1S/C30H45N3O7S/c1-21(2)17-24-18-25(14-16-27(24)33(36)37)41(38,39)32(19-22(3)4)20-28(34)26(31-29(35)40-30(5,6)7)15-13-23-11-9-8-10-12-23/h8-12,14,16,18,21-22,26,28,34H,13,15,17,19-20H2,1-7H3,(H,31,35)/t26-,28+/m0/s1. The molecule has 0 bridgehead atoms. The van der Waals surface area contributed by atoms with E-state index in [-0.39, 0.29) is 35.5 Å². The van der Waals surface area contributed by atoms with Crippen molar-refractivity contribution < 1.29 is 28.0 Å². The number of hydrogen-bond donors (Lipinski definition) is 2. The van der Waals surface area contributed by atoms with E-state index in [1.54, 1.807) is 20.8 Å². The van der Waals surface area contributed by atoms with E-state index in [9.17, 15) is 28.4 Å². The Morgan fingerprint density at radius 2 is 1.68 bits per heavy atom. The Labute approximate surface area is 244 Å². The van der Waals surface area contributed by atoms with Crippen LogP contribution in [-0.4, -0.2) is 59.7 Å². The first-order chi connectivity index (χ1) is 19.0. The maximum absolute atomic E-state index is 13.9. The summed E-state index contributed by atoms with van der Waals surface area (Å²) < 4.78 is 34.3. The molecule has 11 heteroatoms. The number of aliphatic hydroxyl groups is 1. The van der Waals surface area contributed by atoms with Gasteiger partial charge in [0, 0.05) is 24.7 Å². The molecule has 0 saturated heterocycles. The van der Waals surface area contributed by atoms with Gasteiger partial charge < -0.3 is 15.2 Å². The molecule has 2 aromatic rings. The van der Waals surface area contributed by atoms with Gasteiger partial charge in [-0.2, -0.15) is 4.31 Å². The van der Waals surface area contributed by atoms with Crippen molar-refractivity contribution in [3.63, 3.8) is 0 Å². The van der Waals surface area contributed by atoms with Gasteiger partial charge in [0.15, 0.2) is 0 Å². The van der Waals surface area contributed by atoms with Crippen molar-refractivity contribution in [1.82, 2.24) is 9.62 Å². The Balaban J connectivity index is 2.40. The number of sulfonamides is 1. The van der Waals surface area contributed by atoms with Crippen LogP contribution in [0.2, 0.25) is 0 Å². The Hall–Kier alpha value is -3.02. The summed E-state index contributed by atoms with van der Waals surface area (Å²) in [5.74, 6) is -0.00344. The number of rotatable bonds is 14. The molecule has 2 atom stereocenters. The number of ether oxygens (including phenoxy) is 1. The van der Waals surface area contributed by atoms with E-state index >= 15 is 0 Å². The lowest BCUT2D eigenvalue weighted by atomic mass is 10.0. The molecule has 0 unspecified atom stereocenters. The lowest BCUT2D eigenvalue weighted by Crippen LogP contribution is -2.51. The molecule has 41 heavy (non-hydrogen) atoms. The van der Waals surface area contributed by atoms with Gasteiger partial charge in [0.25, 0.3) is 5.69 Å². The van der Waals surface area contributed by atoms with Crippen LogP contribution in [0.25, 0.3) is 0 Å². The van der Waals surface area contributed by atoms with Gasteiger partial charge >= 0.3 is 6.09 Å². The number of amides is 1. The molecule has 0 fully saturated rings. The van der Waals surface area contributed by atoms with Crippen LogP contribution in [0.15, 0.2) is 53.4 Å². The van der Waals surface area contributed by atoms with Crippen LogP contribution in [-0.2, 0) is 27.6 Å². The molecule has 0 spiro atoms. The number of carbonyl (C=O) groups excluding carboxylic acids is 1. The molecule has 0 aliphatic heterocycles. The molecule has 10 nitrogen and oxygen atoms in total. The molecule has 0 heterocycles. The quantitative estimate of drug-likeness (QED) is 0.224. The van der Waals surface area contributed by atoms with Gasteiger partial charge in [0.05, 0.1) is 22.0 Å². The first-order valence-electron chi connectivity index (χ1n) is 14.0. The number of nitrogens with one attached hydrogen (secondary N) is 1. The summed E-state index contributed by atoms with van der Waals surface area (Å²) in [5, 5.41) is 25.7. The van der Waals surface area contributed by atoms with E-state index in [0.29, 0.717) is 24.8 Å². The molecule has 0 aliphatic carbocycles. The molecule has 228 valence electrons. The minimum absolute atomic E-state index is 0.0737. The topological polar surface area (TPSA) is 139 Å². The van der Waals surface area contributed by atoms with Gasteiger partial charge in [0.1, 0.15) is 5.60 Å². The highest BCUT2D eigenvalue weighted by atomic mass is 32.2. The van der Waals surface area contributed by atoms with Gasteiger partial charge in [-0.25, -0.2) is 13.2 Å². The summed E-state index contributed by atoms with van der Waals surface area (Å²) in [5.41, 5.74) is 0.459. The molecular weight excluding hydrogens is 546 g/mol. The van der Waals surface area contributed by atoms with Crippen molar-refractivity contribution in [1.29, 1.82) is 0 Å². The Morgan fingerprint density at radius 1 is 1.05 bits per heavy atom. The molecule has 0 saturated carbocycles. The first-order valence-corrected chi connectivity index (χ1v) is 15.4. The van der Waals surface area contributed by atoms with Crippen molar-refractivity contribution in [3.8, 4) is 0 Å². The summed E-state index contributed by atoms with van der Waals surface area (Å²) in [7, 11) is -4.14. The summed E-state index contributed by atoms with van der Waals surface area (Å²) >= 11 is 0. The molecule has 2 rings (SSSR count). The molecule has 2 aromatic carbocycles. The molecular formula is C30H45N3O7S. The number of aliphatic hydroxyl groups excluding tert-OH is 1. The summed E-state index contributed by atoms with van der Waals surface area (Å²) in [6.07, 6.45) is -0.741. The number of aryl methyl sites for hydroxylation is 1. The fraction of sp³-hybridized carbons (Fsp3) is 0.567. The highest BCUT2D eigenvalue weighted by Crippen LogP contribution is 2.27. The van der Waals surface area contributed by atoms with Crippen molar-refractivity contribution in [2.45, 2.75) is 90.4 Å². The van der Waals surface area contributed by atoms with Crippen LogP contribution in [0, 0.1) is 22.0 Å². The number of alkyl carbamates (subject to hydrolysis) is 1. The maximum atomic E-state index is 13.9. The maximum Gasteiger partial charge on any atom is 0.407 e. The van der Waals surface area contributed by atoms with E-state index in [4.69, 9.17) is 4.74 Å². The van der Waals surface area contributed by atoms with Crippen molar-refractivity contribution in [3.05, 3.63) is 69.8 Å². The second-order valence-corrected chi connectivity index (χ2v) is 14.1. The third kappa shape index (κ3) is 11.1. The Bertz CT molecular complexity index is 1260. The predicted octanol–water partition coefficient (Wildman–Crippen LogP) is 5.33. The normalized spacial score (nSPS) is 13.8. The van der Waals surface area contributed by atoms with Crippen molar-refractivity contribution in [2.75, 3.05) is 13.1 Å². The van der Waals surface area contributed by atoms with Crippen LogP contribution >= 0.6 is 0 Å². The van der Waals surface area contributed by atoms with E-state index in [0.717, 1.165) is 5.56 Å². The fourth-order valence-corrected chi connectivity index (χ4v) is 6.13. The van der Waals surface area contributed by atoms with Crippen LogP contribution in [0.5, 0.6) is 0 Å². The average Bonchev–Trinajstić information content (AvgIpc) is 2.84. The Kier molecular flexibility index (Phi) is 12.3. The molecule has 1 amide bonds. The summed E-state index contributed by atoms with van der Waals surface area (Å²) in [4.78, 5) is 23.6. The minimum atomic E-state index is -4.14. The summed E-state index contributed by atoms with van der Waals surface area (Å²) in [6.45, 7) is 12.5. The molecule has 0 aliphatic rings. The van der Waals surface area contributed by atoms with Gasteiger partial charge in [-0.1, -0.05) is 58.0 Å². The van der Waals surface area contributed by atoms with E-state index < -0.39 is 38.8 Å². The second kappa shape index (κ2) is 14.7. The van der Waals surface area contributed by atoms with Crippen LogP contribution in [0.4, 0.5) is 10.5 Å². The number of hydrogen-bond acceptors (Lipinski definition) is 7. The molecule has 0 radical (unpaired) electrons. The average molecular weight is 592 g/mol. The SMILES string of the molecule is CC(C)Cc1cc(S(=O)(=O)N(CC(C)C)C[C@@H](O)[C@H](CCc2ccccc2)NC(=O)OC(C)(C)C)ccc1[N+](=O)[O-]. The highest BCUT2D eigenvalue weighted by Gasteiger charge is 2.33. The number of benzene rings is 2. The van der Waals surface area contributed by atoms with Crippen LogP contribution in [0.1, 0.15) is 66.0 Å². The largest absolute Gasteiger partial charge is 0.444 e. The van der Waals surface area contributed by atoms with Crippen LogP contribution in [0.3, 0.4) is 0 Å². The van der Waals surface area contributed by atoms with Crippen LogP contribution < -0.4 is 5.32 Å². The number of carbonyl (C=O) groups is 1. The summed E-state index contributed by atoms with van der Waals surface area (Å²) in [6, 6.07) is 12.6. The predicted molar refractivity (Wildman–Crippen MR) is 159 cm³/mol. The van der Waals surface area contributed by atoms with E-state index in [2.05, 4.69) is 5.32 Å². The fourth-order valence-electron chi connectivity index (χ4n) is 4.45. The third-order valence-electron chi connectivity index (χ3n) is 6.23. The lowest BCUT2D eigenvalue weighted by molar-refractivity contribution is -0.385. The highest BCUT2D eigenvalue weighted by molar-refractivity contribution is 7.89. The lowest BCUT2D eigenvalue weighted by Gasteiger charge is -2.31. The number of nitro groups is 1. The minimum Gasteiger partial charge on any atom is -0.444 e. The van der Waals surface area contributed by atoms with Gasteiger partial charge in [-0.05, 0) is 69.6 Å². The first kappa shape index (κ1) is 34.2. The van der Waals surface area contributed by atoms with Gasteiger partial charge in [0.2, 0.25) is 10.0 Å². The monoisotopic (exact) mass is 591 g/mol. The zero-order chi connectivity index (χ0) is 31.0. The number of nitrogens with zero attached hydrogens (tertiary/aromatic N) is 2. The Morgan fingerprint density at radius 3 is 2.22 bits per heavy atom. The molecule has 0 aromatic heterocycles. The zero-order valence-corrected chi connectivity index (χ0v) is 26.0. The second-order valence-electron chi connectivity index (χ2n) is 12.2. The van der Waals surface area contributed by atoms with Gasteiger partial charge in [-0.15, -0.1) is 0 Å². The van der Waals surface area contributed by atoms with Gasteiger partial charge in [-0.3, -0.25) is 10.1 Å². The number of nitro benzene ring substituents is 1. The van der Waals surface area contributed by atoms with Crippen molar-refractivity contribution >= 4 is 21.8 Å². The van der Waals surface area contributed by atoms with Crippen molar-refractivity contribution in [2.24, 2.45) is 11.8 Å². The van der Waals surface area contributed by atoms with E-state index in [1.165, 1.54) is 22.5 Å².